The number of hydrogen-bond acceptors (Lipinski definition) is 5. The predicted octanol–water partition coefficient (Wildman–Crippen LogP) is 1.82. The zero-order valence-electron chi connectivity index (χ0n) is 9.35. The number of urea groups is 1. The van der Waals surface area contributed by atoms with Crippen molar-refractivity contribution in [2.24, 2.45) is 0 Å². The molecule has 96 valence electrons. The van der Waals surface area contributed by atoms with Gasteiger partial charge in [0.25, 0.3) is 0 Å². The fraction of sp³-hybridized carbons (Fsp3) is 0.800. The molecule has 2 amide bonds. The maximum absolute atomic E-state index is 11.2. The van der Waals surface area contributed by atoms with Gasteiger partial charge in [-0.2, -0.15) is 11.8 Å². The molecule has 0 aromatic heterocycles. The number of nitrogens with one attached hydrogen (secondary N) is 2. The van der Waals surface area contributed by atoms with Crippen LogP contribution in [0.3, 0.4) is 0 Å². The molecule has 0 spiro atoms. The van der Waals surface area contributed by atoms with E-state index in [1.165, 1.54) is 0 Å². The molecule has 0 radical (unpaired) electrons. The van der Waals surface area contributed by atoms with Gasteiger partial charge in [0.2, 0.25) is 0 Å². The highest BCUT2D eigenvalue weighted by molar-refractivity contribution is 8.74. The summed E-state index contributed by atoms with van der Waals surface area (Å²) in [6.07, 6.45) is 3.63. The van der Waals surface area contributed by atoms with Gasteiger partial charge in [-0.1, -0.05) is 6.42 Å². The van der Waals surface area contributed by atoms with Gasteiger partial charge in [-0.05, 0) is 23.6 Å². The number of thiol groups is 1. The molecule has 0 saturated carbocycles. The summed E-state index contributed by atoms with van der Waals surface area (Å²) in [5, 5.41) is 6.54. The maximum Gasteiger partial charge on any atom is 0.315 e. The van der Waals surface area contributed by atoms with E-state index in [1.54, 1.807) is 0 Å². The van der Waals surface area contributed by atoms with Crippen molar-refractivity contribution in [1.82, 2.24) is 10.6 Å². The summed E-state index contributed by atoms with van der Waals surface area (Å²) in [4.78, 5) is 22.2. The van der Waals surface area contributed by atoms with Gasteiger partial charge in [-0.15, -0.1) is 11.7 Å². The largest absolute Gasteiger partial charge is 0.332 e. The summed E-state index contributed by atoms with van der Waals surface area (Å²) >= 11 is 5.79. The van der Waals surface area contributed by atoms with Crippen molar-refractivity contribution in [2.45, 2.75) is 43.0 Å². The molecular formula is C10H16N2O2S3. The molecule has 2 saturated heterocycles. The maximum atomic E-state index is 11.2. The smallest absolute Gasteiger partial charge is 0.315 e. The molecule has 2 aliphatic rings. The van der Waals surface area contributed by atoms with E-state index in [4.69, 9.17) is 0 Å². The Balaban J connectivity index is 1.66. The quantitative estimate of drug-likeness (QED) is 0.313. The molecule has 3 atom stereocenters. The molecule has 4 nitrogen and oxygen atoms in total. The number of carbonyl (C=O) groups is 2. The summed E-state index contributed by atoms with van der Waals surface area (Å²) in [7, 11) is 1.01. The minimum Gasteiger partial charge on any atom is -0.332 e. The molecule has 0 aromatic carbocycles. The monoisotopic (exact) mass is 292 g/mol. The predicted molar refractivity (Wildman–Crippen MR) is 75.5 cm³/mol. The number of unbranched alkanes of at least 4 members (excludes halogenated alkanes) is 1. The summed E-state index contributed by atoms with van der Waals surface area (Å²) in [6.45, 7) is 0. The summed E-state index contributed by atoms with van der Waals surface area (Å²) < 4.78 is 0. The van der Waals surface area contributed by atoms with Gasteiger partial charge in [0.05, 0.1) is 12.1 Å². The zero-order chi connectivity index (χ0) is 12.3. The van der Waals surface area contributed by atoms with Crippen molar-refractivity contribution in [3.05, 3.63) is 0 Å². The van der Waals surface area contributed by atoms with E-state index in [-0.39, 0.29) is 17.2 Å². The van der Waals surface area contributed by atoms with Crippen molar-refractivity contribution in [1.29, 1.82) is 0 Å². The third-order valence-electron chi connectivity index (χ3n) is 3.16. The van der Waals surface area contributed by atoms with Crippen LogP contribution in [0.5, 0.6) is 0 Å². The van der Waals surface area contributed by atoms with Crippen molar-refractivity contribution >= 4 is 45.4 Å². The van der Waals surface area contributed by atoms with Crippen LogP contribution in [-0.4, -0.2) is 34.2 Å². The normalized spacial score (nSPS) is 30.9. The topological polar surface area (TPSA) is 58.2 Å². The number of thioether (sulfide) groups is 1. The Hall–Kier alpha value is -0.0100. The van der Waals surface area contributed by atoms with E-state index in [0.29, 0.717) is 17.7 Å². The van der Waals surface area contributed by atoms with Gasteiger partial charge in [0, 0.05) is 17.4 Å². The van der Waals surface area contributed by atoms with Crippen LogP contribution in [0.1, 0.15) is 25.7 Å². The van der Waals surface area contributed by atoms with E-state index in [1.807, 2.05) is 11.8 Å². The highest BCUT2D eigenvalue weighted by atomic mass is 33.1. The molecule has 2 rings (SSSR count). The summed E-state index contributed by atoms with van der Waals surface area (Å²) in [6, 6.07) is 0.543. The Bertz CT molecular complexity index is 314. The third-order valence-corrected chi connectivity index (χ3v) is 5.69. The van der Waals surface area contributed by atoms with Crippen LogP contribution in [0, 0.1) is 0 Å². The Morgan fingerprint density at radius 2 is 2.29 bits per heavy atom. The second kappa shape index (κ2) is 6.24. The molecule has 2 N–H and O–H groups in total. The zero-order valence-corrected chi connectivity index (χ0v) is 11.9. The summed E-state index contributed by atoms with van der Waals surface area (Å²) in [5.41, 5.74) is 0. The molecule has 17 heavy (non-hydrogen) atoms. The molecule has 0 bridgehead atoms. The van der Waals surface area contributed by atoms with E-state index < -0.39 is 0 Å². The molecular weight excluding hydrogens is 276 g/mol. The van der Waals surface area contributed by atoms with Crippen LogP contribution in [0.15, 0.2) is 0 Å². The van der Waals surface area contributed by atoms with Crippen molar-refractivity contribution in [3.8, 4) is 0 Å². The standard InChI is InChI=1S/C10H16N2O2S3/c13-8(17-15)4-2-1-3-7-9-6(5-16-7)11-10(14)12-9/h6-7,9,15H,1-5H2,(H2,11,12,14)/t6?,7-,9?/m0/s1. The lowest BCUT2D eigenvalue weighted by Gasteiger charge is -2.16. The van der Waals surface area contributed by atoms with Crippen molar-refractivity contribution in [2.75, 3.05) is 5.75 Å². The van der Waals surface area contributed by atoms with Gasteiger partial charge >= 0.3 is 6.03 Å². The van der Waals surface area contributed by atoms with Crippen LogP contribution < -0.4 is 10.6 Å². The van der Waals surface area contributed by atoms with Gasteiger partial charge < -0.3 is 10.6 Å². The fourth-order valence-corrected chi connectivity index (χ4v) is 4.36. The van der Waals surface area contributed by atoms with E-state index in [9.17, 15) is 9.59 Å². The number of amides is 2. The SMILES string of the molecule is O=C1NC2CS[C@@H](CCCCC(=O)SS)C2N1. The first-order chi connectivity index (χ1) is 8.20. The molecule has 2 fully saturated rings. The highest BCUT2D eigenvalue weighted by Crippen LogP contribution is 2.33. The second-order valence-corrected chi connectivity index (χ2v) is 6.79. The second-order valence-electron chi connectivity index (χ2n) is 4.33. The lowest BCUT2D eigenvalue weighted by Crippen LogP contribution is -2.36. The van der Waals surface area contributed by atoms with E-state index in [2.05, 4.69) is 22.3 Å². The molecule has 7 heteroatoms. The van der Waals surface area contributed by atoms with Crippen molar-refractivity contribution in [3.63, 3.8) is 0 Å². The Morgan fingerprint density at radius 3 is 3.06 bits per heavy atom. The average molecular weight is 292 g/mol. The minimum atomic E-state index is -0.0352. The lowest BCUT2D eigenvalue weighted by atomic mass is 10.0. The van der Waals surface area contributed by atoms with Crippen LogP contribution in [0.2, 0.25) is 0 Å². The average Bonchev–Trinajstić information content (AvgIpc) is 2.84. The van der Waals surface area contributed by atoms with Gasteiger partial charge in [-0.25, -0.2) is 4.79 Å². The first-order valence-corrected chi connectivity index (χ1v) is 8.65. The van der Waals surface area contributed by atoms with Gasteiger partial charge in [0.1, 0.15) is 0 Å². The number of fused-ring (bicyclic) bond motifs is 1. The highest BCUT2D eigenvalue weighted by Gasteiger charge is 2.42. The van der Waals surface area contributed by atoms with Crippen LogP contribution >= 0.6 is 34.2 Å². The Kier molecular flexibility index (Phi) is 4.93. The lowest BCUT2D eigenvalue weighted by molar-refractivity contribution is -0.110. The molecule has 2 heterocycles. The first-order valence-electron chi connectivity index (χ1n) is 5.73. The molecule has 2 unspecified atom stereocenters. The fourth-order valence-electron chi connectivity index (χ4n) is 2.30. The van der Waals surface area contributed by atoms with E-state index in [0.717, 1.165) is 35.8 Å². The number of hydrogen-bond donors (Lipinski definition) is 3. The first kappa shape index (κ1) is 13.4. The van der Waals surface area contributed by atoms with Crippen LogP contribution in [0.25, 0.3) is 0 Å². The van der Waals surface area contributed by atoms with Crippen LogP contribution in [-0.2, 0) is 4.79 Å². The Morgan fingerprint density at radius 1 is 1.47 bits per heavy atom. The molecule has 0 aliphatic carbocycles. The van der Waals surface area contributed by atoms with Crippen LogP contribution in [0.4, 0.5) is 4.79 Å². The number of rotatable bonds is 5. The molecule has 0 aromatic rings. The summed E-state index contributed by atoms with van der Waals surface area (Å²) in [5.74, 6) is 0.999. The minimum absolute atomic E-state index is 0.0352. The van der Waals surface area contributed by atoms with E-state index >= 15 is 0 Å². The van der Waals surface area contributed by atoms with Crippen molar-refractivity contribution < 1.29 is 9.59 Å². The van der Waals surface area contributed by atoms with Gasteiger partial charge in [-0.3, -0.25) is 4.79 Å². The third kappa shape index (κ3) is 3.48. The Labute approximate surface area is 114 Å². The molecule has 2 aliphatic heterocycles. The van der Waals surface area contributed by atoms with Gasteiger partial charge in [0.15, 0.2) is 5.12 Å². The number of carbonyl (C=O) groups excluding carboxylic acids is 2.